The van der Waals surface area contributed by atoms with Gasteiger partial charge in [-0.15, -0.1) is 4.31 Å². The number of amides is 1. The Morgan fingerprint density at radius 2 is 1.13 bits per heavy atom. The highest BCUT2D eigenvalue weighted by molar-refractivity contribution is 7.89. The molecule has 0 aliphatic heterocycles. The second kappa shape index (κ2) is 15.3. The molecular formula is C31H39NO5S. The lowest BCUT2D eigenvalue weighted by atomic mass is 9.96. The Hall–Kier alpha value is -3.16. The van der Waals surface area contributed by atoms with Crippen molar-refractivity contribution in [1.82, 2.24) is 0 Å². The molecule has 0 heterocycles. The lowest BCUT2D eigenvalue weighted by Crippen LogP contribution is -2.38. The molecule has 0 aromatic heterocycles. The van der Waals surface area contributed by atoms with Crippen molar-refractivity contribution in [3.63, 3.8) is 0 Å². The number of anilines is 1. The largest absolute Gasteiger partial charge is 0.464 e. The molecule has 3 aromatic carbocycles. The van der Waals surface area contributed by atoms with E-state index in [-0.39, 0.29) is 12.3 Å². The summed E-state index contributed by atoms with van der Waals surface area (Å²) in [6, 6.07) is 23.6. The molecule has 6 nitrogen and oxygen atoms in total. The maximum atomic E-state index is 13.3. The van der Waals surface area contributed by atoms with Gasteiger partial charge in [-0.05, 0) is 17.5 Å². The Kier molecular flexibility index (Phi) is 11.8. The molecule has 0 aliphatic carbocycles. The molecule has 0 radical (unpaired) electrons. The lowest BCUT2D eigenvalue weighted by Gasteiger charge is -2.24. The standard InChI is InChI=1S/C31H39NO5S/c1-2-3-4-5-6-7-8-9-10-17-25-37-38(35,36)32(31(33)34)30-28(26-19-13-11-14-20-26)23-18-24-29(30)27-21-15-12-16-22-27/h11-16,18-24H,2-10,17,25H2,1H3,(H,33,34). The summed E-state index contributed by atoms with van der Waals surface area (Å²) in [5, 5.41) is 10.1. The molecule has 0 fully saturated rings. The van der Waals surface area contributed by atoms with E-state index in [0.717, 1.165) is 19.3 Å². The number of unbranched alkanes of at least 4 members (excludes halogenated alkanes) is 9. The van der Waals surface area contributed by atoms with Crippen LogP contribution in [0.3, 0.4) is 0 Å². The normalized spacial score (nSPS) is 11.4. The van der Waals surface area contributed by atoms with Gasteiger partial charge in [0.1, 0.15) is 0 Å². The van der Waals surface area contributed by atoms with Crippen molar-refractivity contribution < 1.29 is 22.5 Å². The molecule has 0 bridgehead atoms. The van der Waals surface area contributed by atoms with E-state index in [4.69, 9.17) is 4.18 Å². The van der Waals surface area contributed by atoms with Gasteiger partial charge in [0.05, 0.1) is 12.3 Å². The molecule has 7 heteroatoms. The van der Waals surface area contributed by atoms with Gasteiger partial charge in [0.15, 0.2) is 0 Å². The summed E-state index contributed by atoms with van der Waals surface area (Å²) in [7, 11) is -4.61. The zero-order chi connectivity index (χ0) is 27.2. The average Bonchev–Trinajstić information content (AvgIpc) is 2.92. The topological polar surface area (TPSA) is 83.9 Å². The lowest BCUT2D eigenvalue weighted by molar-refractivity contribution is 0.204. The van der Waals surface area contributed by atoms with Crippen molar-refractivity contribution in [2.75, 3.05) is 10.9 Å². The molecule has 0 saturated heterocycles. The van der Waals surface area contributed by atoms with E-state index < -0.39 is 16.4 Å². The Morgan fingerprint density at radius 3 is 1.58 bits per heavy atom. The summed E-state index contributed by atoms with van der Waals surface area (Å²) < 4.78 is 32.3. The predicted octanol–water partition coefficient (Wildman–Crippen LogP) is 8.69. The van der Waals surface area contributed by atoms with Crippen LogP contribution in [0.1, 0.15) is 71.1 Å². The van der Waals surface area contributed by atoms with Crippen molar-refractivity contribution in [1.29, 1.82) is 0 Å². The van der Waals surface area contributed by atoms with E-state index in [2.05, 4.69) is 6.92 Å². The van der Waals surface area contributed by atoms with Crippen LogP contribution in [0.25, 0.3) is 22.3 Å². The van der Waals surface area contributed by atoms with Gasteiger partial charge in [-0.3, -0.25) is 4.18 Å². The van der Waals surface area contributed by atoms with Crippen LogP contribution in [0.4, 0.5) is 10.5 Å². The highest BCUT2D eigenvalue weighted by Crippen LogP contribution is 2.41. The maximum absolute atomic E-state index is 13.3. The molecule has 3 rings (SSSR count). The fourth-order valence-corrected chi connectivity index (χ4v) is 5.62. The Morgan fingerprint density at radius 1 is 0.684 bits per heavy atom. The fourth-order valence-electron chi connectivity index (χ4n) is 4.57. The molecule has 204 valence electrons. The molecule has 0 aliphatic rings. The second-order valence-electron chi connectivity index (χ2n) is 9.44. The molecule has 0 unspecified atom stereocenters. The van der Waals surface area contributed by atoms with E-state index in [0.29, 0.717) is 33.0 Å². The highest BCUT2D eigenvalue weighted by atomic mass is 32.2. The van der Waals surface area contributed by atoms with Crippen molar-refractivity contribution in [3.05, 3.63) is 78.9 Å². The minimum Gasteiger partial charge on any atom is -0.464 e. The summed E-state index contributed by atoms with van der Waals surface area (Å²) >= 11 is 0. The monoisotopic (exact) mass is 537 g/mol. The molecule has 0 spiro atoms. The second-order valence-corrected chi connectivity index (χ2v) is 10.9. The predicted molar refractivity (Wildman–Crippen MR) is 155 cm³/mol. The number of hydrogen-bond donors (Lipinski definition) is 1. The zero-order valence-electron chi connectivity index (χ0n) is 22.2. The van der Waals surface area contributed by atoms with Gasteiger partial charge >= 0.3 is 16.4 Å². The van der Waals surface area contributed by atoms with Gasteiger partial charge in [0.2, 0.25) is 0 Å². The van der Waals surface area contributed by atoms with Crippen molar-refractivity contribution in [3.8, 4) is 22.3 Å². The van der Waals surface area contributed by atoms with Gasteiger partial charge in [-0.2, -0.15) is 8.42 Å². The number of benzene rings is 3. The van der Waals surface area contributed by atoms with E-state index in [1.807, 2.05) is 60.7 Å². The zero-order valence-corrected chi connectivity index (χ0v) is 23.0. The molecule has 3 aromatic rings. The van der Waals surface area contributed by atoms with Gasteiger partial charge in [-0.25, -0.2) is 4.79 Å². The van der Waals surface area contributed by atoms with Gasteiger partial charge in [0, 0.05) is 11.1 Å². The van der Waals surface area contributed by atoms with Crippen LogP contribution in [0.5, 0.6) is 0 Å². The molecule has 38 heavy (non-hydrogen) atoms. The van der Waals surface area contributed by atoms with Crippen LogP contribution < -0.4 is 4.31 Å². The van der Waals surface area contributed by atoms with E-state index in [9.17, 15) is 18.3 Å². The quantitative estimate of drug-likeness (QED) is 0.185. The number of hydrogen-bond acceptors (Lipinski definition) is 4. The molecule has 1 amide bonds. The van der Waals surface area contributed by atoms with Crippen LogP contribution in [0.2, 0.25) is 0 Å². The first kappa shape index (κ1) is 29.4. The first-order valence-electron chi connectivity index (χ1n) is 13.6. The van der Waals surface area contributed by atoms with Crippen LogP contribution in [0.15, 0.2) is 78.9 Å². The van der Waals surface area contributed by atoms with Crippen molar-refractivity contribution in [2.45, 2.75) is 71.1 Å². The maximum Gasteiger partial charge on any atom is 0.427 e. The summed E-state index contributed by atoms with van der Waals surface area (Å²) in [5.74, 6) is 0. The molecular weight excluding hydrogens is 498 g/mol. The summed E-state index contributed by atoms with van der Waals surface area (Å²) in [6.45, 7) is 2.15. The number of para-hydroxylation sites is 1. The minimum atomic E-state index is -4.61. The van der Waals surface area contributed by atoms with E-state index >= 15 is 0 Å². The molecule has 1 N–H and O–H groups in total. The Labute approximate surface area is 227 Å². The first-order chi connectivity index (χ1) is 18.5. The molecule has 0 saturated carbocycles. The third kappa shape index (κ3) is 8.43. The summed E-state index contributed by atoms with van der Waals surface area (Å²) in [5.41, 5.74) is 2.44. The first-order valence-corrected chi connectivity index (χ1v) is 15.0. The average molecular weight is 538 g/mol. The number of rotatable bonds is 16. The van der Waals surface area contributed by atoms with E-state index in [1.54, 1.807) is 18.2 Å². The molecule has 0 atom stereocenters. The van der Waals surface area contributed by atoms with Crippen molar-refractivity contribution >= 4 is 22.1 Å². The van der Waals surface area contributed by atoms with E-state index in [1.165, 1.54) is 38.5 Å². The third-order valence-electron chi connectivity index (χ3n) is 6.54. The number of nitrogens with zero attached hydrogens (tertiary/aromatic N) is 1. The summed E-state index contributed by atoms with van der Waals surface area (Å²) in [6.07, 6.45) is 9.43. The number of carboxylic acid groups (broad SMARTS) is 1. The smallest absolute Gasteiger partial charge is 0.427 e. The Bertz CT molecular complexity index is 1170. The number of carbonyl (C=O) groups is 1. The van der Waals surface area contributed by atoms with Crippen LogP contribution in [0, 0.1) is 0 Å². The van der Waals surface area contributed by atoms with Crippen LogP contribution >= 0.6 is 0 Å². The SMILES string of the molecule is CCCCCCCCCCCCOS(=O)(=O)N(C(=O)O)c1c(-c2ccccc2)cccc1-c1ccccc1. The van der Waals surface area contributed by atoms with Gasteiger partial charge < -0.3 is 5.11 Å². The fraction of sp³-hybridized carbons (Fsp3) is 0.387. The van der Waals surface area contributed by atoms with Crippen molar-refractivity contribution in [2.24, 2.45) is 0 Å². The Balaban J connectivity index is 1.76. The van der Waals surface area contributed by atoms with Gasteiger partial charge in [0.25, 0.3) is 0 Å². The minimum absolute atomic E-state index is 0.0560. The third-order valence-corrected chi connectivity index (χ3v) is 7.79. The van der Waals surface area contributed by atoms with Gasteiger partial charge in [-0.1, -0.05) is 144 Å². The van der Waals surface area contributed by atoms with Crippen LogP contribution in [-0.4, -0.2) is 26.2 Å². The van der Waals surface area contributed by atoms with Crippen LogP contribution in [-0.2, 0) is 14.5 Å². The summed E-state index contributed by atoms with van der Waals surface area (Å²) in [4.78, 5) is 12.5. The highest BCUT2D eigenvalue weighted by Gasteiger charge is 2.34.